The fraction of sp³-hybridized carbons (Fsp3) is 0.138. The Labute approximate surface area is 237 Å². The maximum atomic E-state index is 12.5. The first kappa shape index (κ1) is 27.7. The van der Waals surface area contributed by atoms with Crippen LogP contribution >= 0.6 is 0 Å². The molecule has 0 unspecified atom stereocenters. The van der Waals surface area contributed by atoms with Crippen LogP contribution < -0.4 is 20.5 Å². The first-order chi connectivity index (χ1) is 20.3. The lowest BCUT2D eigenvalue weighted by atomic mass is 10.1. The Morgan fingerprint density at radius 2 is 1.71 bits per heavy atom. The van der Waals surface area contributed by atoms with Crippen molar-refractivity contribution in [3.8, 4) is 11.5 Å². The van der Waals surface area contributed by atoms with Crippen molar-refractivity contribution in [1.82, 2.24) is 10.3 Å². The first-order valence-electron chi connectivity index (χ1n) is 12.7. The summed E-state index contributed by atoms with van der Waals surface area (Å²) in [7, 11) is 0. The van der Waals surface area contributed by atoms with Gasteiger partial charge in [0.15, 0.2) is 6.61 Å². The van der Waals surface area contributed by atoms with E-state index in [2.05, 4.69) is 10.5 Å². The van der Waals surface area contributed by atoms with Crippen LogP contribution in [0.3, 0.4) is 0 Å². The minimum absolute atomic E-state index is 0.0954. The zero-order valence-corrected chi connectivity index (χ0v) is 21.8. The van der Waals surface area contributed by atoms with Gasteiger partial charge in [-0.2, -0.15) is 5.10 Å². The van der Waals surface area contributed by atoms with Crippen molar-refractivity contribution in [2.24, 2.45) is 5.10 Å². The van der Waals surface area contributed by atoms with Gasteiger partial charge in [-0.1, -0.05) is 12.1 Å². The first-order valence-corrected chi connectivity index (χ1v) is 12.7. The number of carbonyl (C=O) groups is 3. The minimum atomic E-state index is -0.616. The van der Waals surface area contributed by atoms with E-state index in [0.29, 0.717) is 34.3 Å². The molecule has 1 aliphatic rings. The third-order valence-electron chi connectivity index (χ3n) is 6.22. The van der Waals surface area contributed by atoms with Crippen LogP contribution in [0.5, 0.6) is 11.5 Å². The van der Waals surface area contributed by atoms with Crippen LogP contribution in [0.25, 0.3) is 11.0 Å². The topological polar surface area (TPSA) is 171 Å². The zero-order chi connectivity index (χ0) is 29.6. The number of carbonyl (C=O) groups excluding carboxylic acids is 3. The number of imide groups is 1. The summed E-state index contributed by atoms with van der Waals surface area (Å²) in [6, 6.07) is 18.1. The van der Waals surface area contributed by atoms with Gasteiger partial charge in [-0.05, 0) is 42.8 Å². The number of fused-ring (bicyclic) bond motifs is 2. The molecule has 1 aliphatic heterocycles. The van der Waals surface area contributed by atoms with Crippen LogP contribution in [-0.2, 0) is 4.79 Å². The number of benzene rings is 3. The van der Waals surface area contributed by atoms with Gasteiger partial charge < -0.3 is 13.9 Å². The van der Waals surface area contributed by atoms with Crippen molar-refractivity contribution < 1.29 is 33.2 Å². The van der Waals surface area contributed by atoms with E-state index < -0.39 is 23.1 Å². The van der Waals surface area contributed by atoms with E-state index >= 15 is 0 Å². The van der Waals surface area contributed by atoms with Gasteiger partial charge in [0, 0.05) is 41.8 Å². The van der Waals surface area contributed by atoms with E-state index in [1.165, 1.54) is 36.5 Å². The fourth-order valence-corrected chi connectivity index (χ4v) is 4.21. The minimum Gasteiger partial charge on any atom is -0.493 e. The van der Waals surface area contributed by atoms with Gasteiger partial charge in [0.1, 0.15) is 17.1 Å². The standard InChI is InChI=1S/C29H22N4O9/c34-26(17-41-21-9-6-18-7-11-27(35)42-25(18)15-21)31-30-16-19-14-20(33(38)39)8-10-24(19)40-13-3-12-32-28(36)22-4-1-2-5-23(22)29(32)37/h1-2,4-11,14-16H,3,12-13,17H2,(H,31,34)/b30-16-. The van der Waals surface area contributed by atoms with E-state index in [-0.39, 0.29) is 42.0 Å². The molecule has 13 heteroatoms. The summed E-state index contributed by atoms with van der Waals surface area (Å²) in [4.78, 5) is 60.5. The van der Waals surface area contributed by atoms with Crippen molar-refractivity contribution in [3.63, 3.8) is 0 Å². The molecule has 212 valence electrons. The van der Waals surface area contributed by atoms with E-state index in [0.717, 1.165) is 4.90 Å². The van der Waals surface area contributed by atoms with Crippen LogP contribution in [0, 0.1) is 10.1 Å². The van der Waals surface area contributed by atoms with Crippen molar-refractivity contribution in [2.45, 2.75) is 6.42 Å². The summed E-state index contributed by atoms with van der Waals surface area (Å²) in [5.74, 6) is -0.812. The number of rotatable bonds is 11. The summed E-state index contributed by atoms with van der Waals surface area (Å²) in [5.41, 5.74) is 2.78. The van der Waals surface area contributed by atoms with Crippen LogP contribution in [-0.4, -0.2) is 53.5 Å². The highest BCUT2D eigenvalue weighted by atomic mass is 16.6. The molecular weight excluding hydrogens is 548 g/mol. The maximum Gasteiger partial charge on any atom is 0.336 e. The lowest BCUT2D eigenvalue weighted by molar-refractivity contribution is -0.384. The summed E-state index contributed by atoms with van der Waals surface area (Å²) in [5, 5.41) is 15.8. The molecule has 0 radical (unpaired) electrons. The monoisotopic (exact) mass is 570 g/mol. The van der Waals surface area contributed by atoms with Crippen LogP contribution in [0.4, 0.5) is 5.69 Å². The average Bonchev–Trinajstić information content (AvgIpc) is 3.23. The van der Waals surface area contributed by atoms with E-state index in [4.69, 9.17) is 13.9 Å². The molecule has 3 amide bonds. The Hall–Kier alpha value is -5.85. The normalized spacial score (nSPS) is 12.5. The number of ether oxygens (including phenoxy) is 2. The Kier molecular flexibility index (Phi) is 8.00. The van der Waals surface area contributed by atoms with Crippen LogP contribution in [0.1, 0.15) is 32.7 Å². The molecule has 4 aromatic rings. The molecule has 0 bridgehead atoms. The molecule has 13 nitrogen and oxygen atoms in total. The SMILES string of the molecule is O=C(COc1ccc2ccc(=O)oc2c1)N/N=C\c1cc([N+](=O)[O-])ccc1OCCCN1C(=O)c2ccccc2C1=O. The second-order valence-corrected chi connectivity index (χ2v) is 9.02. The van der Waals surface area contributed by atoms with E-state index in [1.54, 1.807) is 42.5 Å². The number of nitrogens with one attached hydrogen (secondary N) is 1. The zero-order valence-electron chi connectivity index (χ0n) is 21.8. The second-order valence-electron chi connectivity index (χ2n) is 9.02. The summed E-state index contributed by atoms with van der Waals surface area (Å²) in [6.45, 7) is -0.184. The molecule has 42 heavy (non-hydrogen) atoms. The Bertz CT molecular complexity index is 1760. The van der Waals surface area contributed by atoms with E-state index in [1.807, 2.05) is 0 Å². The molecular formula is C29H22N4O9. The smallest absolute Gasteiger partial charge is 0.336 e. The predicted molar refractivity (Wildman–Crippen MR) is 149 cm³/mol. The van der Waals surface area contributed by atoms with Gasteiger partial charge in [-0.3, -0.25) is 29.4 Å². The van der Waals surface area contributed by atoms with Crippen LogP contribution in [0.15, 0.2) is 87.1 Å². The van der Waals surface area contributed by atoms with Gasteiger partial charge in [0.2, 0.25) is 0 Å². The molecule has 0 aliphatic carbocycles. The molecule has 0 atom stereocenters. The molecule has 0 fully saturated rings. The molecule has 0 saturated heterocycles. The van der Waals surface area contributed by atoms with Crippen LogP contribution in [0.2, 0.25) is 0 Å². The van der Waals surface area contributed by atoms with Crippen molar-refractivity contribution in [3.05, 3.63) is 110 Å². The molecule has 1 N–H and O–H groups in total. The van der Waals surface area contributed by atoms with E-state index in [9.17, 15) is 29.3 Å². The summed E-state index contributed by atoms with van der Waals surface area (Å²) < 4.78 is 16.3. The van der Waals surface area contributed by atoms with Gasteiger partial charge >= 0.3 is 5.63 Å². The van der Waals surface area contributed by atoms with Crippen molar-refractivity contribution >= 4 is 40.6 Å². The fourth-order valence-electron chi connectivity index (χ4n) is 4.21. The summed E-state index contributed by atoms with van der Waals surface area (Å²) >= 11 is 0. The molecule has 0 saturated carbocycles. The number of hydrazone groups is 1. The quantitative estimate of drug-likeness (QED) is 0.0709. The number of nitro benzene ring substituents is 1. The molecule has 3 aromatic carbocycles. The lowest BCUT2D eigenvalue weighted by Crippen LogP contribution is -2.31. The third kappa shape index (κ3) is 6.14. The Morgan fingerprint density at radius 3 is 2.45 bits per heavy atom. The molecule has 1 aromatic heterocycles. The van der Waals surface area contributed by atoms with Crippen molar-refractivity contribution in [1.29, 1.82) is 0 Å². The van der Waals surface area contributed by atoms with Gasteiger partial charge in [0.25, 0.3) is 23.4 Å². The molecule has 0 spiro atoms. The highest BCUT2D eigenvalue weighted by Crippen LogP contribution is 2.25. The number of nitro groups is 1. The predicted octanol–water partition coefficient (Wildman–Crippen LogP) is 3.30. The lowest BCUT2D eigenvalue weighted by Gasteiger charge is -2.14. The highest BCUT2D eigenvalue weighted by molar-refractivity contribution is 6.21. The van der Waals surface area contributed by atoms with Gasteiger partial charge in [0.05, 0.1) is 28.9 Å². The Balaban J connectivity index is 1.16. The van der Waals surface area contributed by atoms with Gasteiger partial charge in [-0.15, -0.1) is 0 Å². The highest BCUT2D eigenvalue weighted by Gasteiger charge is 2.34. The number of hydrogen-bond acceptors (Lipinski definition) is 10. The van der Waals surface area contributed by atoms with Gasteiger partial charge in [-0.25, -0.2) is 10.2 Å². The molecule has 2 heterocycles. The Morgan fingerprint density at radius 1 is 0.976 bits per heavy atom. The average molecular weight is 571 g/mol. The number of hydrogen-bond donors (Lipinski definition) is 1. The number of amides is 3. The largest absolute Gasteiger partial charge is 0.493 e. The van der Waals surface area contributed by atoms with Crippen molar-refractivity contribution in [2.75, 3.05) is 19.8 Å². The summed E-state index contributed by atoms with van der Waals surface area (Å²) in [6.07, 6.45) is 1.50. The maximum absolute atomic E-state index is 12.5. The second kappa shape index (κ2) is 12.1. The number of nitrogens with zero attached hydrogens (tertiary/aromatic N) is 3. The number of non-ortho nitro benzene ring substituents is 1. The third-order valence-corrected chi connectivity index (χ3v) is 6.22. The molecule has 5 rings (SSSR count).